The van der Waals surface area contributed by atoms with Crippen LogP contribution >= 0.6 is 0 Å². The predicted octanol–water partition coefficient (Wildman–Crippen LogP) is 15.8. The number of ether oxygens (including phenoxy) is 4. The van der Waals surface area contributed by atoms with E-state index in [0.29, 0.717) is 5.56 Å². The molecule has 4 heterocycles. The Labute approximate surface area is 477 Å². The minimum Gasteiger partial charge on any atom is -0.494 e. The lowest BCUT2D eigenvalue weighted by Crippen LogP contribution is -2.20. The van der Waals surface area contributed by atoms with Gasteiger partial charge in [-0.05, 0) is 285 Å². The highest BCUT2D eigenvalue weighted by Gasteiger charge is 2.13. The molecule has 0 bridgehead atoms. The molecular weight excluding hydrogens is 975 g/mol. The molecule has 0 aliphatic carbocycles. The SMILES string of the molecule is Cc1ccc(OCCCCCN2CCCC2)cc1.N#Cc1ccc(OCCCCCN2CCCC2)cc1.c1ccc2c(OCCCCCN3CCCC3)cccc2c1.c1ccc2cc(OCCCCCN3CCCC3)ccc2c1. The second kappa shape index (κ2) is 37.3. The van der Waals surface area contributed by atoms with Gasteiger partial charge in [0.25, 0.3) is 0 Å². The smallest absolute Gasteiger partial charge is 0.127 e. The molecule has 6 aromatic carbocycles. The summed E-state index contributed by atoms with van der Waals surface area (Å²) in [4.78, 5) is 10.3. The van der Waals surface area contributed by atoms with Crippen LogP contribution in [-0.2, 0) is 0 Å². The summed E-state index contributed by atoms with van der Waals surface area (Å²) in [6, 6.07) is 47.2. The van der Waals surface area contributed by atoms with Crippen LogP contribution in [0.15, 0.2) is 133 Å². The van der Waals surface area contributed by atoms with Crippen molar-refractivity contribution in [1.82, 2.24) is 19.6 Å². The maximum absolute atomic E-state index is 8.70. The Morgan fingerprint density at radius 2 is 0.734 bits per heavy atom. The number of aryl methyl sites for hydroxylation is 1. The summed E-state index contributed by atoms with van der Waals surface area (Å²) in [5.41, 5.74) is 1.96. The van der Waals surface area contributed by atoms with Gasteiger partial charge < -0.3 is 38.5 Å². The largest absolute Gasteiger partial charge is 0.494 e. The summed E-state index contributed by atoms with van der Waals surface area (Å²) in [6.45, 7) is 20.9. The van der Waals surface area contributed by atoms with E-state index in [9.17, 15) is 0 Å². The lowest BCUT2D eigenvalue weighted by molar-refractivity contribution is 0.290. The molecular formula is C70H97N5O4. The second-order valence-corrected chi connectivity index (χ2v) is 22.3. The summed E-state index contributed by atoms with van der Waals surface area (Å²) in [6.07, 6.45) is 25.9. The van der Waals surface area contributed by atoms with Crippen LogP contribution in [0.2, 0.25) is 0 Å². The first-order chi connectivity index (χ1) is 39.1. The molecule has 0 radical (unpaired) electrons. The molecule has 10 rings (SSSR count). The first kappa shape index (κ1) is 61.0. The van der Waals surface area contributed by atoms with E-state index in [2.05, 4.69) is 142 Å². The molecule has 6 aromatic rings. The van der Waals surface area contributed by atoms with Gasteiger partial charge in [-0.25, -0.2) is 0 Å². The third kappa shape index (κ3) is 24.3. The Bertz CT molecular complexity index is 2550. The number of benzene rings is 6. The molecule has 9 nitrogen and oxygen atoms in total. The van der Waals surface area contributed by atoms with Gasteiger partial charge >= 0.3 is 0 Å². The Morgan fingerprint density at radius 1 is 0.354 bits per heavy atom. The van der Waals surface area contributed by atoms with Gasteiger partial charge in [0.05, 0.1) is 38.1 Å². The van der Waals surface area contributed by atoms with Crippen molar-refractivity contribution in [3.63, 3.8) is 0 Å². The molecule has 79 heavy (non-hydrogen) atoms. The fourth-order valence-corrected chi connectivity index (χ4v) is 11.1. The Hall–Kier alpha value is -5.63. The van der Waals surface area contributed by atoms with Crippen LogP contribution in [0.25, 0.3) is 21.5 Å². The molecule has 0 N–H and O–H groups in total. The average molecular weight is 1070 g/mol. The van der Waals surface area contributed by atoms with Gasteiger partial charge in [0, 0.05) is 5.39 Å². The summed E-state index contributed by atoms with van der Waals surface area (Å²) >= 11 is 0. The third-order valence-electron chi connectivity index (χ3n) is 15.8. The van der Waals surface area contributed by atoms with Crippen molar-refractivity contribution in [1.29, 1.82) is 5.26 Å². The lowest BCUT2D eigenvalue weighted by atomic mass is 10.1. The van der Waals surface area contributed by atoms with Crippen LogP contribution < -0.4 is 18.9 Å². The van der Waals surface area contributed by atoms with Crippen molar-refractivity contribution >= 4 is 21.5 Å². The van der Waals surface area contributed by atoms with Crippen molar-refractivity contribution in [3.8, 4) is 29.1 Å². The summed E-state index contributed by atoms with van der Waals surface area (Å²) < 4.78 is 23.2. The van der Waals surface area contributed by atoms with Crippen molar-refractivity contribution < 1.29 is 18.9 Å². The standard InChI is InChI=1S/2C19H25NO.C16H22N2O.C16H25NO/c1(4-13-20-14-5-6-15-20)7-16-21-19-12-8-10-17-9-2-3-11-18(17)19;1(4-12-20-13-5-6-14-20)7-15-21-19-11-10-17-8-2-3-9-18(17)16-19;17-14-15-6-8-16(9-7-15)19-13-5-1-2-10-18-11-3-4-12-18;1-15-7-9-16(10-8-15)18-14-6-2-3-11-17-12-4-5-13-17/h2-3,8-12H,1,4-7,13-16H2;2-3,8-11,16H,1,4-7,12-15H2;6-9H,1-5,10-13H2;7-10H,2-6,11-14H2,1H3. The summed E-state index contributed by atoms with van der Waals surface area (Å²) in [5, 5.41) is 13.7. The van der Waals surface area contributed by atoms with Gasteiger partial charge in [0.1, 0.15) is 23.0 Å². The van der Waals surface area contributed by atoms with E-state index >= 15 is 0 Å². The van der Waals surface area contributed by atoms with E-state index < -0.39 is 0 Å². The first-order valence-corrected chi connectivity index (χ1v) is 31.0. The molecule has 4 aliphatic heterocycles. The zero-order valence-electron chi connectivity index (χ0n) is 48.5. The van der Waals surface area contributed by atoms with Crippen LogP contribution in [0.5, 0.6) is 23.0 Å². The Balaban J connectivity index is 0.000000153. The van der Waals surface area contributed by atoms with Crippen LogP contribution in [0.1, 0.15) is 140 Å². The number of unbranched alkanes of at least 4 members (excludes halogenated alkanes) is 8. The third-order valence-corrected chi connectivity index (χ3v) is 15.8. The van der Waals surface area contributed by atoms with Crippen LogP contribution in [0.4, 0.5) is 0 Å². The molecule has 4 saturated heterocycles. The number of fused-ring (bicyclic) bond motifs is 2. The molecule has 0 atom stereocenters. The van der Waals surface area contributed by atoms with Gasteiger partial charge in [-0.1, -0.05) is 84.4 Å². The zero-order valence-corrected chi connectivity index (χ0v) is 48.5. The number of hydrogen-bond acceptors (Lipinski definition) is 9. The van der Waals surface area contributed by atoms with E-state index in [1.54, 1.807) is 12.1 Å². The molecule has 0 spiro atoms. The maximum Gasteiger partial charge on any atom is 0.127 e. The average Bonchev–Trinajstić information content (AvgIpc) is 4.38. The zero-order chi connectivity index (χ0) is 54.6. The minimum atomic E-state index is 0.679. The molecule has 426 valence electrons. The van der Waals surface area contributed by atoms with Gasteiger partial charge in [-0.15, -0.1) is 0 Å². The minimum absolute atomic E-state index is 0.679. The normalized spacial score (nSPS) is 15.6. The molecule has 9 heteroatoms. The molecule has 0 unspecified atom stereocenters. The Morgan fingerprint density at radius 3 is 1.20 bits per heavy atom. The van der Waals surface area contributed by atoms with Gasteiger partial charge in [0.15, 0.2) is 0 Å². The second-order valence-electron chi connectivity index (χ2n) is 22.3. The summed E-state index contributed by atoms with van der Waals surface area (Å²) in [5.74, 6) is 3.87. The van der Waals surface area contributed by atoms with Gasteiger partial charge in [-0.3, -0.25) is 0 Å². The number of hydrogen-bond donors (Lipinski definition) is 0. The first-order valence-electron chi connectivity index (χ1n) is 31.0. The van der Waals surface area contributed by atoms with Crippen LogP contribution in [-0.4, -0.2) is 125 Å². The number of likely N-dealkylation sites (tertiary alicyclic amines) is 4. The quantitative estimate of drug-likeness (QED) is 0.0447. The van der Waals surface area contributed by atoms with E-state index in [0.717, 1.165) is 68.7 Å². The highest BCUT2D eigenvalue weighted by atomic mass is 16.5. The maximum atomic E-state index is 8.70. The molecule has 0 saturated carbocycles. The number of nitrogens with zero attached hydrogens (tertiary/aromatic N) is 5. The van der Waals surface area contributed by atoms with Crippen LogP contribution in [0.3, 0.4) is 0 Å². The Kier molecular flexibility index (Phi) is 28.8. The van der Waals surface area contributed by atoms with Crippen LogP contribution in [0, 0.1) is 18.3 Å². The predicted molar refractivity (Wildman–Crippen MR) is 330 cm³/mol. The van der Waals surface area contributed by atoms with E-state index in [4.69, 9.17) is 24.2 Å². The van der Waals surface area contributed by atoms with Gasteiger partial charge in [-0.2, -0.15) is 5.26 Å². The number of nitriles is 1. The molecule has 4 aliphatic rings. The van der Waals surface area contributed by atoms with Crippen molar-refractivity contribution in [3.05, 3.63) is 145 Å². The van der Waals surface area contributed by atoms with Gasteiger partial charge in [0.2, 0.25) is 0 Å². The highest BCUT2D eigenvalue weighted by molar-refractivity contribution is 5.88. The van der Waals surface area contributed by atoms with Crippen molar-refractivity contribution in [2.75, 3.05) is 105 Å². The molecule has 0 amide bonds. The van der Waals surface area contributed by atoms with E-state index in [-0.39, 0.29) is 0 Å². The fourth-order valence-electron chi connectivity index (χ4n) is 11.1. The monoisotopic (exact) mass is 1070 g/mol. The number of rotatable bonds is 28. The van der Waals surface area contributed by atoms with E-state index in [1.165, 1.54) is 215 Å². The molecule has 0 aromatic heterocycles. The summed E-state index contributed by atoms with van der Waals surface area (Å²) in [7, 11) is 0. The fraction of sp³-hybridized carbons (Fsp3) is 0.529. The highest BCUT2D eigenvalue weighted by Crippen LogP contribution is 2.26. The van der Waals surface area contributed by atoms with Crippen molar-refractivity contribution in [2.45, 2.75) is 135 Å². The topological polar surface area (TPSA) is 73.7 Å². The molecule has 4 fully saturated rings. The lowest BCUT2D eigenvalue weighted by Gasteiger charge is -2.14. The van der Waals surface area contributed by atoms with E-state index in [1.807, 2.05) is 12.1 Å². The van der Waals surface area contributed by atoms with Crippen molar-refractivity contribution in [2.24, 2.45) is 0 Å².